The summed E-state index contributed by atoms with van der Waals surface area (Å²) < 4.78 is 2.04. The van der Waals surface area contributed by atoms with Crippen LogP contribution in [-0.2, 0) is 13.0 Å². The van der Waals surface area contributed by atoms with E-state index in [1.54, 1.807) is 0 Å². The Morgan fingerprint density at radius 2 is 2.20 bits per heavy atom. The fraction of sp³-hybridized carbons (Fsp3) is 0.833. The zero-order valence-electron chi connectivity index (χ0n) is 15.7. The summed E-state index contributed by atoms with van der Waals surface area (Å²) in [6.07, 6.45) is 4.90. The quantitative estimate of drug-likeness (QED) is 0.553. The predicted octanol–water partition coefficient (Wildman–Crippen LogP) is 1.43. The van der Waals surface area contributed by atoms with Crippen LogP contribution in [0.5, 0.6) is 0 Å². The van der Waals surface area contributed by atoms with Gasteiger partial charge >= 0.3 is 0 Å². The highest BCUT2D eigenvalue weighted by Crippen LogP contribution is 2.25. The number of aryl methyl sites for hydroxylation is 1. The highest BCUT2D eigenvalue weighted by atomic mass is 16.3. The van der Waals surface area contributed by atoms with Crippen LogP contribution in [0.2, 0.25) is 0 Å². The molecule has 0 saturated heterocycles. The topological polar surface area (TPSA) is 87.4 Å². The van der Waals surface area contributed by atoms with Crippen molar-refractivity contribution in [3.63, 3.8) is 0 Å². The number of nitrogens with one attached hydrogen (secondary N) is 2. The molecule has 0 amide bonds. The molecule has 2 heterocycles. The number of aromatic nitrogens is 3. The summed E-state index contributed by atoms with van der Waals surface area (Å²) >= 11 is 0. The molecule has 7 nitrogen and oxygen atoms in total. The fourth-order valence-corrected chi connectivity index (χ4v) is 3.64. The molecule has 140 valence electrons. The third kappa shape index (κ3) is 4.51. The van der Waals surface area contributed by atoms with Crippen molar-refractivity contribution in [3.05, 3.63) is 11.6 Å². The number of nitrogens with zero attached hydrogens (tertiary/aromatic N) is 4. The molecule has 1 aliphatic heterocycles. The highest BCUT2D eigenvalue weighted by Gasteiger charge is 2.26. The van der Waals surface area contributed by atoms with Crippen LogP contribution in [0, 0.1) is 5.92 Å². The van der Waals surface area contributed by atoms with Crippen LogP contribution in [0.25, 0.3) is 0 Å². The van der Waals surface area contributed by atoms with Gasteiger partial charge in [0.15, 0.2) is 11.8 Å². The molecule has 2 aliphatic rings. The van der Waals surface area contributed by atoms with Gasteiger partial charge < -0.3 is 15.7 Å². The maximum absolute atomic E-state index is 9.98. The maximum atomic E-state index is 9.98. The first kappa shape index (κ1) is 18.2. The van der Waals surface area contributed by atoms with Crippen LogP contribution in [0.1, 0.15) is 64.0 Å². The maximum Gasteiger partial charge on any atom is 0.191 e. The number of aliphatic imine (C=N–C) groups is 1. The van der Waals surface area contributed by atoms with Crippen LogP contribution < -0.4 is 10.6 Å². The number of fused-ring (bicyclic) bond motifs is 1. The second-order valence-corrected chi connectivity index (χ2v) is 7.58. The largest absolute Gasteiger partial charge is 0.393 e. The Hall–Kier alpha value is -1.63. The van der Waals surface area contributed by atoms with Crippen molar-refractivity contribution in [2.24, 2.45) is 10.9 Å². The molecule has 1 saturated carbocycles. The Labute approximate surface area is 150 Å². The summed E-state index contributed by atoms with van der Waals surface area (Å²) in [7, 11) is 0. The molecule has 25 heavy (non-hydrogen) atoms. The van der Waals surface area contributed by atoms with Gasteiger partial charge in [0.2, 0.25) is 0 Å². The molecule has 1 aromatic heterocycles. The first-order chi connectivity index (χ1) is 12.1. The van der Waals surface area contributed by atoms with Crippen LogP contribution in [0.4, 0.5) is 0 Å². The minimum Gasteiger partial charge on any atom is -0.393 e. The van der Waals surface area contributed by atoms with Crippen LogP contribution in [-0.4, -0.2) is 51.1 Å². The van der Waals surface area contributed by atoms with E-state index >= 15 is 0 Å². The summed E-state index contributed by atoms with van der Waals surface area (Å²) in [6.45, 7) is 8.68. The molecule has 0 aromatic carbocycles. The van der Waals surface area contributed by atoms with Gasteiger partial charge in [0.1, 0.15) is 5.82 Å². The molecule has 7 heteroatoms. The predicted molar refractivity (Wildman–Crippen MR) is 98.7 cm³/mol. The van der Waals surface area contributed by atoms with E-state index in [0.29, 0.717) is 24.4 Å². The molecule has 1 fully saturated rings. The lowest BCUT2D eigenvalue weighted by Gasteiger charge is -2.25. The Morgan fingerprint density at radius 3 is 2.88 bits per heavy atom. The van der Waals surface area contributed by atoms with Crippen molar-refractivity contribution in [1.82, 2.24) is 25.4 Å². The molecule has 0 spiro atoms. The standard InChI is InChI=1S/C18H32N6O/c1-4-19-18(20-10-13-6-5-7-15(13)25)21-14-8-9-16-22-17(12(2)3)23-24(16)11-14/h12-15,25H,4-11H2,1-3H3,(H2,19,20,21). The van der Waals surface area contributed by atoms with Gasteiger partial charge in [0.05, 0.1) is 12.6 Å². The normalized spacial score (nSPS) is 26.8. The third-order valence-electron chi connectivity index (χ3n) is 5.18. The van der Waals surface area contributed by atoms with Crippen molar-refractivity contribution in [3.8, 4) is 0 Å². The molecule has 3 rings (SSSR count). The Balaban J connectivity index is 1.60. The van der Waals surface area contributed by atoms with Crippen molar-refractivity contribution in [2.75, 3.05) is 13.1 Å². The second kappa shape index (κ2) is 8.17. The SMILES string of the molecule is CCNC(=NCC1CCCC1O)NC1CCc2nc(C(C)C)nn2C1. The van der Waals surface area contributed by atoms with E-state index in [4.69, 9.17) is 4.99 Å². The van der Waals surface area contributed by atoms with E-state index in [-0.39, 0.29) is 6.10 Å². The van der Waals surface area contributed by atoms with Gasteiger partial charge in [-0.05, 0) is 26.2 Å². The van der Waals surface area contributed by atoms with Gasteiger partial charge in [0, 0.05) is 37.4 Å². The zero-order chi connectivity index (χ0) is 17.8. The van der Waals surface area contributed by atoms with Crippen LogP contribution in [0.15, 0.2) is 4.99 Å². The number of hydrogen-bond donors (Lipinski definition) is 3. The van der Waals surface area contributed by atoms with Crippen molar-refractivity contribution >= 4 is 5.96 Å². The molecular weight excluding hydrogens is 316 g/mol. The molecule has 1 aromatic rings. The Bertz CT molecular complexity index is 596. The van der Waals surface area contributed by atoms with Gasteiger partial charge in [-0.2, -0.15) is 5.10 Å². The van der Waals surface area contributed by atoms with Crippen molar-refractivity contribution in [2.45, 2.75) is 77.5 Å². The highest BCUT2D eigenvalue weighted by molar-refractivity contribution is 5.80. The first-order valence-electron chi connectivity index (χ1n) is 9.73. The van der Waals surface area contributed by atoms with E-state index in [0.717, 1.165) is 62.8 Å². The van der Waals surface area contributed by atoms with Gasteiger partial charge in [0.25, 0.3) is 0 Å². The number of aliphatic hydroxyl groups is 1. The second-order valence-electron chi connectivity index (χ2n) is 7.58. The van der Waals surface area contributed by atoms with Crippen molar-refractivity contribution < 1.29 is 5.11 Å². The van der Waals surface area contributed by atoms with Crippen molar-refractivity contribution in [1.29, 1.82) is 0 Å². The monoisotopic (exact) mass is 348 g/mol. The minimum absolute atomic E-state index is 0.187. The number of rotatable bonds is 5. The molecule has 3 N–H and O–H groups in total. The van der Waals surface area contributed by atoms with Gasteiger partial charge in [-0.15, -0.1) is 0 Å². The third-order valence-corrected chi connectivity index (χ3v) is 5.18. The summed E-state index contributed by atoms with van der Waals surface area (Å²) in [4.78, 5) is 9.37. The van der Waals surface area contributed by atoms with Gasteiger partial charge in [-0.1, -0.05) is 20.3 Å². The van der Waals surface area contributed by atoms with E-state index < -0.39 is 0 Å². The lowest BCUT2D eigenvalue weighted by atomic mass is 10.1. The summed E-state index contributed by atoms with van der Waals surface area (Å²) in [5, 5.41) is 21.5. The summed E-state index contributed by atoms with van der Waals surface area (Å²) in [6, 6.07) is 0.306. The summed E-state index contributed by atoms with van der Waals surface area (Å²) in [5.41, 5.74) is 0. The van der Waals surface area contributed by atoms with E-state index in [1.165, 1.54) is 0 Å². The Kier molecular flexibility index (Phi) is 5.93. The molecule has 0 bridgehead atoms. The van der Waals surface area contributed by atoms with E-state index in [1.807, 2.05) is 4.68 Å². The summed E-state index contributed by atoms with van der Waals surface area (Å²) in [5.74, 6) is 3.54. The number of hydrogen-bond acceptors (Lipinski definition) is 4. The fourth-order valence-electron chi connectivity index (χ4n) is 3.64. The average molecular weight is 348 g/mol. The van der Waals surface area contributed by atoms with Gasteiger partial charge in [-0.25, -0.2) is 9.67 Å². The molecule has 0 radical (unpaired) electrons. The number of aliphatic hydroxyl groups excluding tert-OH is 1. The molecular formula is C18H32N6O. The van der Waals surface area contributed by atoms with Crippen LogP contribution in [0.3, 0.4) is 0 Å². The lowest BCUT2D eigenvalue weighted by molar-refractivity contribution is 0.136. The van der Waals surface area contributed by atoms with E-state index in [9.17, 15) is 5.11 Å². The van der Waals surface area contributed by atoms with Crippen LogP contribution >= 0.6 is 0 Å². The zero-order valence-corrected chi connectivity index (χ0v) is 15.7. The first-order valence-corrected chi connectivity index (χ1v) is 9.73. The van der Waals surface area contributed by atoms with Gasteiger partial charge in [-0.3, -0.25) is 4.99 Å². The average Bonchev–Trinajstić information content (AvgIpc) is 3.18. The minimum atomic E-state index is -0.187. The Morgan fingerprint density at radius 1 is 1.36 bits per heavy atom. The molecule has 3 unspecified atom stereocenters. The smallest absolute Gasteiger partial charge is 0.191 e. The lowest BCUT2D eigenvalue weighted by Crippen LogP contribution is -2.47. The molecule has 1 aliphatic carbocycles. The molecule has 3 atom stereocenters. The number of guanidine groups is 1. The van der Waals surface area contributed by atoms with E-state index in [2.05, 4.69) is 41.5 Å².